The van der Waals surface area contributed by atoms with Crippen molar-refractivity contribution in [3.63, 3.8) is 0 Å². The number of carbonyl (C=O) groups excluding carboxylic acids is 2. The molecule has 0 unspecified atom stereocenters. The van der Waals surface area contributed by atoms with Crippen LogP contribution in [0.4, 0.5) is 20.2 Å². The first kappa shape index (κ1) is 23.5. The first-order valence-corrected chi connectivity index (χ1v) is 10.4. The Labute approximate surface area is 185 Å². The van der Waals surface area contributed by atoms with E-state index in [4.69, 9.17) is 4.74 Å². The summed E-state index contributed by atoms with van der Waals surface area (Å²) in [6.45, 7) is 0.335. The topological polar surface area (TPSA) is 71.1 Å². The summed E-state index contributed by atoms with van der Waals surface area (Å²) in [6.07, 6.45) is 1.38. The van der Waals surface area contributed by atoms with Crippen molar-refractivity contribution in [3.8, 4) is 11.5 Å². The fraction of sp³-hybridized carbons (Fsp3) is 0.391. The highest BCUT2D eigenvalue weighted by atomic mass is 19.3. The minimum absolute atomic E-state index is 0.0256. The number of carbonyl (C=O) groups is 2. The molecule has 1 saturated heterocycles. The fourth-order valence-electron chi connectivity index (χ4n) is 3.60. The van der Waals surface area contributed by atoms with E-state index in [2.05, 4.69) is 10.1 Å². The van der Waals surface area contributed by atoms with E-state index in [-0.39, 0.29) is 29.9 Å². The first-order valence-electron chi connectivity index (χ1n) is 10.4. The van der Waals surface area contributed by atoms with E-state index in [1.54, 1.807) is 54.1 Å². The van der Waals surface area contributed by atoms with Crippen LogP contribution in [0.25, 0.3) is 0 Å². The number of benzene rings is 2. The smallest absolute Gasteiger partial charge is 0.387 e. The Hall–Kier alpha value is -3.20. The molecule has 1 heterocycles. The van der Waals surface area contributed by atoms with Crippen LogP contribution in [0.3, 0.4) is 0 Å². The van der Waals surface area contributed by atoms with Gasteiger partial charge in [0, 0.05) is 30.9 Å². The number of anilines is 2. The maximum Gasteiger partial charge on any atom is 0.387 e. The van der Waals surface area contributed by atoms with E-state index in [9.17, 15) is 18.4 Å². The maximum absolute atomic E-state index is 12.6. The Kier molecular flexibility index (Phi) is 7.99. The van der Waals surface area contributed by atoms with Gasteiger partial charge in [0.05, 0.1) is 13.2 Å². The standard InChI is InChI=1S/C23H27F2N3O4/c1-3-31-20-12-16(9-10-19(20)32-23(24)25)14-27(2)15-21(29)26-17-6-4-7-18(13-17)28-11-5-8-22(28)30/h4,6-7,9-10,12-13,23H,3,5,8,11,14-15H2,1-2H3,(H,26,29). The predicted octanol–water partition coefficient (Wildman–Crippen LogP) is 3.88. The number of hydrogen-bond donors (Lipinski definition) is 1. The van der Waals surface area contributed by atoms with Crippen LogP contribution in [0.2, 0.25) is 0 Å². The van der Waals surface area contributed by atoms with Gasteiger partial charge in [0.1, 0.15) is 0 Å². The number of alkyl halides is 2. The van der Waals surface area contributed by atoms with E-state index in [0.29, 0.717) is 31.8 Å². The lowest BCUT2D eigenvalue weighted by Gasteiger charge is -2.19. The molecule has 1 aliphatic heterocycles. The number of halogens is 2. The molecule has 0 aromatic heterocycles. The molecule has 0 atom stereocenters. The largest absolute Gasteiger partial charge is 0.490 e. The molecule has 2 amide bonds. The van der Waals surface area contributed by atoms with Crippen molar-refractivity contribution >= 4 is 23.2 Å². The summed E-state index contributed by atoms with van der Waals surface area (Å²) in [7, 11) is 1.78. The van der Waals surface area contributed by atoms with Crippen molar-refractivity contribution in [3.05, 3.63) is 48.0 Å². The van der Waals surface area contributed by atoms with Crippen molar-refractivity contribution in [1.82, 2.24) is 4.90 Å². The lowest BCUT2D eigenvalue weighted by Crippen LogP contribution is -2.30. The Bertz CT molecular complexity index is 955. The minimum Gasteiger partial charge on any atom is -0.490 e. The van der Waals surface area contributed by atoms with Crippen LogP contribution in [0.15, 0.2) is 42.5 Å². The van der Waals surface area contributed by atoms with Crippen LogP contribution in [-0.4, -0.2) is 50.1 Å². The van der Waals surface area contributed by atoms with Crippen molar-refractivity contribution in [1.29, 1.82) is 0 Å². The molecule has 1 fully saturated rings. The second kappa shape index (κ2) is 10.9. The van der Waals surface area contributed by atoms with Gasteiger partial charge >= 0.3 is 6.61 Å². The zero-order chi connectivity index (χ0) is 23.1. The summed E-state index contributed by atoms with van der Waals surface area (Å²) in [5.41, 5.74) is 2.18. The molecule has 32 heavy (non-hydrogen) atoms. The molecule has 0 aliphatic carbocycles. The summed E-state index contributed by atoms with van der Waals surface area (Å²) in [5, 5.41) is 2.85. The van der Waals surface area contributed by atoms with Gasteiger partial charge in [-0.05, 0) is 56.3 Å². The van der Waals surface area contributed by atoms with Gasteiger partial charge in [-0.1, -0.05) is 12.1 Å². The van der Waals surface area contributed by atoms with Crippen LogP contribution in [0, 0.1) is 0 Å². The summed E-state index contributed by atoms with van der Waals surface area (Å²) in [4.78, 5) is 28.0. The number of nitrogens with zero attached hydrogens (tertiary/aromatic N) is 2. The van der Waals surface area contributed by atoms with Gasteiger partial charge < -0.3 is 19.7 Å². The average Bonchev–Trinajstić information content (AvgIpc) is 3.15. The second-order valence-electron chi connectivity index (χ2n) is 7.51. The van der Waals surface area contributed by atoms with E-state index in [0.717, 1.165) is 17.7 Å². The molecule has 9 heteroatoms. The summed E-state index contributed by atoms with van der Waals surface area (Å²) >= 11 is 0. The molecule has 0 saturated carbocycles. The maximum atomic E-state index is 12.6. The molecule has 3 rings (SSSR count). The van der Waals surface area contributed by atoms with Crippen LogP contribution in [-0.2, 0) is 16.1 Å². The van der Waals surface area contributed by atoms with Crippen LogP contribution < -0.4 is 19.7 Å². The predicted molar refractivity (Wildman–Crippen MR) is 117 cm³/mol. The molecule has 1 N–H and O–H groups in total. The Morgan fingerprint density at radius 1 is 1.22 bits per heavy atom. The number of hydrogen-bond acceptors (Lipinski definition) is 5. The van der Waals surface area contributed by atoms with Crippen molar-refractivity contribution in [2.75, 3.05) is 37.0 Å². The lowest BCUT2D eigenvalue weighted by molar-refractivity contribution is -0.117. The monoisotopic (exact) mass is 447 g/mol. The summed E-state index contributed by atoms with van der Waals surface area (Å²) in [5.74, 6) is 0.0865. The average molecular weight is 447 g/mol. The van der Waals surface area contributed by atoms with Gasteiger partial charge in [-0.2, -0.15) is 8.78 Å². The highest BCUT2D eigenvalue weighted by molar-refractivity contribution is 5.97. The van der Waals surface area contributed by atoms with Crippen LogP contribution in [0.1, 0.15) is 25.3 Å². The number of amides is 2. The highest BCUT2D eigenvalue weighted by Gasteiger charge is 2.22. The van der Waals surface area contributed by atoms with Gasteiger partial charge in [-0.25, -0.2) is 0 Å². The molecule has 172 valence electrons. The van der Waals surface area contributed by atoms with Crippen LogP contribution >= 0.6 is 0 Å². The van der Waals surface area contributed by atoms with Crippen molar-refractivity contribution in [2.24, 2.45) is 0 Å². The van der Waals surface area contributed by atoms with Gasteiger partial charge in [-0.3, -0.25) is 14.5 Å². The molecule has 7 nitrogen and oxygen atoms in total. The third-order valence-corrected chi connectivity index (χ3v) is 4.91. The van der Waals surface area contributed by atoms with Crippen LogP contribution in [0.5, 0.6) is 11.5 Å². The third kappa shape index (κ3) is 6.40. The quantitative estimate of drug-likeness (QED) is 0.599. The summed E-state index contributed by atoms with van der Waals surface area (Å²) in [6, 6.07) is 11.9. The Balaban J connectivity index is 1.58. The van der Waals surface area contributed by atoms with E-state index in [1.165, 1.54) is 6.07 Å². The van der Waals surface area contributed by atoms with E-state index in [1.807, 2.05) is 6.07 Å². The molecular formula is C23H27F2N3O4. The number of rotatable bonds is 10. The normalized spacial score (nSPS) is 13.7. The van der Waals surface area contributed by atoms with Gasteiger partial charge in [0.25, 0.3) is 0 Å². The molecular weight excluding hydrogens is 420 g/mol. The zero-order valence-electron chi connectivity index (χ0n) is 18.1. The van der Waals surface area contributed by atoms with Crippen molar-refractivity contribution < 1.29 is 27.8 Å². The lowest BCUT2D eigenvalue weighted by atomic mass is 10.2. The molecule has 0 spiro atoms. The number of likely N-dealkylation sites (N-methyl/N-ethyl adjacent to an activating group) is 1. The fourth-order valence-corrected chi connectivity index (χ4v) is 3.60. The van der Waals surface area contributed by atoms with Gasteiger partial charge in [-0.15, -0.1) is 0 Å². The van der Waals surface area contributed by atoms with Gasteiger partial charge in [0.2, 0.25) is 11.8 Å². The number of ether oxygens (including phenoxy) is 2. The highest BCUT2D eigenvalue weighted by Crippen LogP contribution is 2.30. The van der Waals surface area contributed by atoms with E-state index < -0.39 is 6.61 Å². The Morgan fingerprint density at radius 2 is 2.03 bits per heavy atom. The minimum atomic E-state index is -2.94. The zero-order valence-corrected chi connectivity index (χ0v) is 18.1. The Morgan fingerprint density at radius 3 is 2.72 bits per heavy atom. The molecule has 1 aliphatic rings. The molecule has 2 aromatic rings. The first-order chi connectivity index (χ1) is 15.4. The second-order valence-corrected chi connectivity index (χ2v) is 7.51. The van der Waals surface area contributed by atoms with Gasteiger partial charge in [0.15, 0.2) is 11.5 Å². The SMILES string of the molecule is CCOc1cc(CN(C)CC(=O)Nc2cccc(N3CCCC3=O)c2)ccc1OC(F)F. The van der Waals surface area contributed by atoms with E-state index >= 15 is 0 Å². The number of nitrogens with one attached hydrogen (secondary N) is 1. The third-order valence-electron chi connectivity index (χ3n) is 4.91. The van der Waals surface area contributed by atoms with Crippen molar-refractivity contribution in [2.45, 2.75) is 32.9 Å². The molecule has 2 aromatic carbocycles. The molecule has 0 bridgehead atoms. The summed E-state index contributed by atoms with van der Waals surface area (Å²) < 4.78 is 35.0. The molecule has 0 radical (unpaired) electrons.